The lowest BCUT2D eigenvalue weighted by atomic mass is 10.2. The Balaban J connectivity index is 2.02. The average Bonchev–Trinajstić information content (AvgIpc) is 2.91. The summed E-state index contributed by atoms with van der Waals surface area (Å²) in [6.07, 6.45) is 0.872. The summed E-state index contributed by atoms with van der Waals surface area (Å²) in [5.41, 5.74) is 1.96. The molecule has 142 valence electrons. The van der Waals surface area contributed by atoms with Crippen molar-refractivity contribution in [3.05, 3.63) is 45.2 Å². The first-order chi connectivity index (χ1) is 12.4. The Hall–Kier alpha value is -2.15. The van der Waals surface area contributed by atoms with Gasteiger partial charge < -0.3 is 15.0 Å². The molecule has 2 rings (SSSR count). The summed E-state index contributed by atoms with van der Waals surface area (Å²) in [4.78, 5) is 12.4. The molecule has 0 spiro atoms. The molecular formula is C19H27FN4OS. The molecule has 26 heavy (non-hydrogen) atoms. The van der Waals surface area contributed by atoms with Crippen molar-refractivity contribution in [2.75, 3.05) is 27.2 Å². The number of ether oxygens (including phenoxy) is 1. The predicted molar refractivity (Wildman–Crippen MR) is 106 cm³/mol. The second-order valence-corrected chi connectivity index (χ2v) is 7.34. The molecule has 0 bridgehead atoms. The highest BCUT2D eigenvalue weighted by Gasteiger charge is 2.10. The van der Waals surface area contributed by atoms with Gasteiger partial charge in [-0.1, -0.05) is 6.07 Å². The number of thiazole rings is 1. The number of aromatic nitrogens is 1. The highest BCUT2D eigenvalue weighted by molar-refractivity contribution is 7.11. The molecule has 0 unspecified atom stereocenters. The highest BCUT2D eigenvalue weighted by Crippen LogP contribution is 2.19. The van der Waals surface area contributed by atoms with E-state index >= 15 is 0 Å². The third-order valence-corrected chi connectivity index (χ3v) is 5.07. The first kappa shape index (κ1) is 20.2. The van der Waals surface area contributed by atoms with Crippen molar-refractivity contribution in [3.8, 4) is 5.75 Å². The standard InChI is InChI=1S/C19H27FN4OS/c1-6-21-19(22-10-9-18-13(2)23-14(3)26-18)24(4)12-15-7-8-17(25-5)16(20)11-15/h7-8,11H,6,9-10,12H2,1-5H3,(H,21,22). The molecule has 1 N–H and O–H groups in total. The minimum absolute atomic E-state index is 0.257. The van der Waals surface area contributed by atoms with Gasteiger partial charge in [0.2, 0.25) is 0 Å². The third kappa shape index (κ3) is 5.42. The van der Waals surface area contributed by atoms with E-state index in [1.807, 2.05) is 38.8 Å². The van der Waals surface area contributed by atoms with E-state index < -0.39 is 0 Å². The Bertz CT molecular complexity index is 760. The van der Waals surface area contributed by atoms with E-state index in [9.17, 15) is 4.39 Å². The number of aliphatic imine (C=N–C) groups is 1. The van der Waals surface area contributed by atoms with Crippen molar-refractivity contribution in [3.63, 3.8) is 0 Å². The molecular weight excluding hydrogens is 351 g/mol. The van der Waals surface area contributed by atoms with Gasteiger partial charge in [0.05, 0.1) is 17.8 Å². The van der Waals surface area contributed by atoms with Crippen LogP contribution in [0.15, 0.2) is 23.2 Å². The summed E-state index contributed by atoms with van der Waals surface area (Å²) in [6, 6.07) is 5.02. The van der Waals surface area contributed by atoms with Crippen molar-refractivity contribution >= 4 is 17.3 Å². The summed E-state index contributed by atoms with van der Waals surface area (Å²) in [5.74, 6) is 0.714. The number of benzene rings is 1. The zero-order valence-corrected chi connectivity index (χ0v) is 16.9. The van der Waals surface area contributed by atoms with Crippen LogP contribution >= 0.6 is 11.3 Å². The van der Waals surface area contributed by atoms with Crippen LogP contribution in [0.5, 0.6) is 5.75 Å². The monoisotopic (exact) mass is 378 g/mol. The number of rotatable bonds is 7. The average molecular weight is 379 g/mol. The van der Waals surface area contributed by atoms with Gasteiger partial charge in [0.1, 0.15) is 0 Å². The molecule has 1 heterocycles. The van der Waals surface area contributed by atoms with Crippen molar-refractivity contribution < 1.29 is 9.13 Å². The van der Waals surface area contributed by atoms with Gasteiger partial charge in [-0.05, 0) is 38.5 Å². The minimum atomic E-state index is -0.351. The minimum Gasteiger partial charge on any atom is -0.494 e. The van der Waals surface area contributed by atoms with Crippen LogP contribution in [0.4, 0.5) is 4.39 Å². The summed E-state index contributed by atoms with van der Waals surface area (Å²) < 4.78 is 18.9. The first-order valence-corrected chi connectivity index (χ1v) is 9.51. The van der Waals surface area contributed by atoms with Crippen LogP contribution < -0.4 is 10.1 Å². The number of aryl methyl sites for hydroxylation is 2. The summed E-state index contributed by atoms with van der Waals surface area (Å²) >= 11 is 1.73. The van der Waals surface area contributed by atoms with Gasteiger partial charge in [0.15, 0.2) is 17.5 Å². The normalized spacial score (nSPS) is 11.5. The van der Waals surface area contributed by atoms with Crippen LogP contribution in [0, 0.1) is 19.7 Å². The van der Waals surface area contributed by atoms with Crippen LogP contribution in [-0.2, 0) is 13.0 Å². The van der Waals surface area contributed by atoms with Gasteiger partial charge in [-0.25, -0.2) is 9.37 Å². The van der Waals surface area contributed by atoms with Crippen LogP contribution in [0.2, 0.25) is 0 Å². The number of nitrogens with zero attached hydrogens (tertiary/aromatic N) is 3. The van der Waals surface area contributed by atoms with Crippen LogP contribution in [0.25, 0.3) is 0 Å². The maximum absolute atomic E-state index is 13.9. The van der Waals surface area contributed by atoms with E-state index in [-0.39, 0.29) is 11.6 Å². The molecule has 1 aromatic heterocycles. The Morgan fingerprint density at radius 2 is 2.15 bits per heavy atom. The molecule has 0 fully saturated rings. The Morgan fingerprint density at radius 3 is 2.73 bits per heavy atom. The summed E-state index contributed by atoms with van der Waals surface area (Å²) in [6.45, 7) is 8.12. The van der Waals surface area contributed by atoms with E-state index in [4.69, 9.17) is 9.73 Å². The molecule has 0 radical (unpaired) electrons. The zero-order valence-electron chi connectivity index (χ0n) is 16.1. The van der Waals surface area contributed by atoms with Crippen molar-refractivity contribution in [2.45, 2.75) is 33.7 Å². The van der Waals surface area contributed by atoms with E-state index in [1.54, 1.807) is 17.4 Å². The second kappa shape index (κ2) is 9.52. The number of hydrogen-bond donors (Lipinski definition) is 1. The lowest BCUT2D eigenvalue weighted by Gasteiger charge is -2.22. The third-order valence-electron chi connectivity index (χ3n) is 3.93. The number of hydrogen-bond acceptors (Lipinski definition) is 4. The zero-order chi connectivity index (χ0) is 19.1. The van der Waals surface area contributed by atoms with Gasteiger partial charge in [-0.15, -0.1) is 11.3 Å². The molecule has 0 saturated heterocycles. The van der Waals surface area contributed by atoms with Crippen molar-refractivity contribution in [1.29, 1.82) is 0 Å². The molecule has 0 saturated carbocycles. The van der Waals surface area contributed by atoms with E-state index in [1.165, 1.54) is 18.1 Å². The lowest BCUT2D eigenvalue weighted by molar-refractivity contribution is 0.385. The fraction of sp³-hybridized carbons (Fsp3) is 0.474. The van der Waals surface area contributed by atoms with Crippen molar-refractivity contribution in [1.82, 2.24) is 15.2 Å². The molecule has 0 amide bonds. The molecule has 2 aromatic rings. The number of halogens is 1. The number of guanidine groups is 1. The summed E-state index contributed by atoms with van der Waals surface area (Å²) in [5, 5.41) is 4.38. The molecule has 0 atom stereocenters. The fourth-order valence-electron chi connectivity index (χ4n) is 2.70. The molecule has 7 heteroatoms. The molecule has 0 aliphatic carbocycles. The molecule has 5 nitrogen and oxygen atoms in total. The lowest BCUT2D eigenvalue weighted by Crippen LogP contribution is -2.38. The van der Waals surface area contributed by atoms with E-state index in [2.05, 4.69) is 10.3 Å². The predicted octanol–water partition coefficient (Wildman–Crippen LogP) is 3.55. The van der Waals surface area contributed by atoms with Crippen LogP contribution in [0.1, 0.15) is 28.1 Å². The molecule has 0 aliphatic heterocycles. The number of nitrogens with one attached hydrogen (secondary N) is 1. The smallest absolute Gasteiger partial charge is 0.193 e. The fourth-order valence-corrected chi connectivity index (χ4v) is 3.62. The van der Waals surface area contributed by atoms with Gasteiger partial charge in [-0.3, -0.25) is 4.99 Å². The maximum atomic E-state index is 13.9. The summed E-state index contributed by atoms with van der Waals surface area (Å²) in [7, 11) is 3.41. The SMILES string of the molecule is CCNC(=NCCc1sc(C)nc1C)N(C)Cc1ccc(OC)c(F)c1. The molecule has 0 aliphatic rings. The second-order valence-electron chi connectivity index (χ2n) is 6.05. The van der Waals surface area contributed by atoms with Gasteiger partial charge >= 0.3 is 0 Å². The van der Waals surface area contributed by atoms with E-state index in [0.29, 0.717) is 13.1 Å². The van der Waals surface area contributed by atoms with Gasteiger partial charge in [-0.2, -0.15) is 0 Å². The van der Waals surface area contributed by atoms with Gasteiger partial charge in [0, 0.05) is 38.0 Å². The largest absolute Gasteiger partial charge is 0.494 e. The van der Waals surface area contributed by atoms with Crippen molar-refractivity contribution in [2.24, 2.45) is 4.99 Å². The van der Waals surface area contributed by atoms with Crippen LogP contribution in [0.3, 0.4) is 0 Å². The Morgan fingerprint density at radius 1 is 1.38 bits per heavy atom. The number of methoxy groups -OCH3 is 1. The topological polar surface area (TPSA) is 49.8 Å². The maximum Gasteiger partial charge on any atom is 0.193 e. The Kier molecular flexibility index (Phi) is 7.38. The first-order valence-electron chi connectivity index (χ1n) is 8.69. The highest BCUT2D eigenvalue weighted by atomic mass is 32.1. The quantitative estimate of drug-likeness (QED) is 0.591. The van der Waals surface area contributed by atoms with Crippen LogP contribution in [-0.4, -0.2) is 43.1 Å². The Labute approximate surface area is 158 Å². The van der Waals surface area contributed by atoms with Gasteiger partial charge in [0.25, 0.3) is 0 Å². The van der Waals surface area contributed by atoms with E-state index in [0.717, 1.165) is 35.2 Å². The molecule has 1 aromatic carbocycles.